The number of carbonyl (C=O) groups excluding carboxylic acids is 2. The van der Waals surface area contributed by atoms with E-state index in [1.54, 1.807) is 23.3 Å². The number of fused-ring (bicyclic) bond motifs is 2. The Morgan fingerprint density at radius 1 is 1.18 bits per heavy atom. The molecule has 8 heteroatoms. The van der Waals surface area contributed by atoms with Gasteiger partial charge >= 0.3 is 5.97 Å². The minimum Gasteiger partial charge on any atom is -0.496 e. The molecule has 0 unspecified atom stereocenters. The van der Waals surface area contributed by atoms with Gasteiger partial charge in [-0.15, -0.1) is 0 Å². The number of benzene rings is 1. The molecule has 3 heterocycles. The highest BCUT2D eigenvalue weighted by atomic mass is 32.1. The van der Waals surface area contributed by atoms with Gasteiger partial charge in [0.1, 0.15) is 18.1 Å². The lowest BCUT2D eigenvalue weighted by Crippen LogP contribution is -2.37. The molecule has 1 aromatic carbocycles. The van der Waals surface area contributed by atoms with Crippen LogP contribution in [0, 0.1) is 0 Å². The number of hydrogen-bond donors (Lipinski definition) is 0. The Hall–Kier alpha value is -3.78. The zero-order valence-corrected chi connectivity index (χ0v) is 24.1. The number of rotatable bonds is 10. The lowest BCUT2D eigenvalue weighted by molar-refractivity contribution is -0.140. The molecule has 0 bridgehead atoms. The number of thiophene rings is 1. The van der Waals surface area contributed by atoms with Crippen molar-refractivity contribution in [2.45, 2.75) is 33.6 Å². The van der Waals surface area contributed by atoms with Crippen LogP contribution in [0.4, 0.5) is 5.69 Å². The summed E-state index contributed by atoms with van der Waals surface area (Å²) in [4.78, 5) is 28.5. The maximum Gasteiger partial charge on any atom is 0.302 e. The second-order valence-electron chi connectivity index (χ2n) is 9.75. The van der Waals surface area contributed by atoms with E-state index in [1.165, 1.54) is 6.92 Å². The van der Waals surface area contributed by atoms with E-state index in [0.717, 1.165) is 45.2 Å². The number of amides is 1. The third-order valence-corrected chi connectivity index (χ3v) is 7.22. The van der Waals surface area contributed by atoms with Crippen molar-refractivity contribution in [1.29, 1.82) is 0 Å². The molecule has 39 heavy (non-hydrogen) atoms. The monoisotopic (exact) mass is 548 g/mol. The van der Waals surface area contributed by atoms with Gasteiger partial charge in [0, 0.05) is 60.8 Å². The van der Waals surface area contributed by atoms with Gasteiger partial charge < -0.3 is 24.0 Å². The summed E-state index contributed by atoms with van der Waals surface area (Å²) >= 11 is 1.65. The summed E-state index contributed by atoms with van der Waals surface area (Å²) in [7, 11) is 3.50. The molecule has 2 aromatic rings. The number of methoxy groups -OCH3 is 1. The van der Waals surface area contributed by atoms with Gasteiger partial charge in [0.25, 0.3) is 5.91 Å². The number of ether oxygens (including phenoxy) is 3. The molecule has 2 aliphatic heterocycles. The molecule has 0 saturated heterocycles. The Kier molecular flexibility index (Phi) is 9.30. The van der Waals surface area contributed by atoms with Crippen molar-refractivity contribution in [1.82, 2.24) is 4.90 Å². The van der Waals surface area contributed by atoms with Crippen LogP contribution in [0.1, 0.15) is 44.7 Å². The van der Waals surface area contributed by atoms with Gasteiger partial charge in [0.05, 0.1) is 25.1 Å². The molecule has 0 fully saturated rings. The number of allylic oxidation sites excluding steroid dienone is 1. The number of carbonyl (C=O) groups is 2. The van der Waals surface area contributed by atoms with Crippen LogP contribution in [0.15, 0.2) is 63.9 Å². The Morgan fingerprint density at radius 2 is 1.97 bits per heavy atom. The fraction of sp³-hybridized carbons (Fsp3) is 0.355. The van der Waals surface area contributed by atoms with Crippen molar-refractivity contribution >= 4 is 40.7 Å². The fourth-order valence-electron chi connectivity index (χ4n) is 4.72. The van der Waals surface area contributed by atoms with Gasteiger partial charge in [-0.05, 0) is 44.2 Å². The number of hydrogen-bond acceptors (Lipinski definition) is 7. The van der Waals surface area contributed by atoms with Crippen molar-refractivity contribution in [3.63, 3.8) is 0 Å². The molecule has 4 rings (SSSR count). The van der Waals surface area contributed by atoms with Crippen LogP contribution in [0.5, 0.6) is 11.5 Å². The summed E-state index contributed by atoms with van der Waals surface area (Å²) in [5, 5.41) is 4.19. The fourth-order valence-corrected chi connectivity index (χ4v) is 5.36. The third kappa shape index (κ3) is 6.63. The molecule has 0 atom stereocenters. The lowest BCUT2D eigenvalue weighted by Gasteiger charge is -2.37. The summed E-state index contributed by atoms with van der Waals surface area (Å²) in [5.74, 6) is 1.20. The summed E-state index contributed by atoms with van der Waals surface area (Å²) in [5.41, 5.74) is 6.76. The highest BCUT2D eigenvalue weighted by Crippen LogP contribution is 2.45. The summed E-state index contributed by atoms with van der Waals surface area (Å²) in [6.45, 7) is 7.36. The zero-order valence-electron chi connectivity index (χ0n) is 23.3. The molecule has 206 valence electrons. The minimum absolute atomic E-state index is 0.0223. The van der Waals surface area contributed by atoms with Crippen LogP contribution in [-0.2, 0) is 14.3 Å². The molecule has 0 radical (unpaired) electrons. The summed E-state index contributed by atoms with van der Waals surface area (Å²) < 4.78 is 16.8. The first-order chi connectivity index (χ1) is 18.8. The topological polar surface area (TPSA) is 68.3 Å². The normalized spacial score (nSPS) is 14.3. The molecule has 0 spiro atoms. The van der Waals surface area contributed by atoms with Gasteiger partial charge in [0.15, 0.2) is 0 Å². The maximum atomic E-state index is 13.7. The number of anilines is 1. The van der Waals surface area contributed by atoms with Gasteiger partial charge in [-0.25, -0.2) is 0 Å². The van der Waals surface area contributed by atoms with Crippen molar-refractivity contribution in [3.8, 4) is 11.5 Å². The lowest BCUT2D eigenvalue weighted by atomic mass is 9.90. The molecule has 1 amide bonds. The number of nitrogens with zero attached hydrogens (tertiary/aromatic N) is 2. The average molecular weight is 549 g/mol. The second kappa shape index (κ2) is 12.8. The molecule has 1 aromatic heterocycles. The zero-order chi connectivity index (χ0) is 27.9. The van der Waals surface area contributed by atoms with Crippen molar-refractivity contribution < 1.29 is 23.8 Å². The van der Waals surface area contributed by atoms with Crippen molar-refractivity contribution in [3.05, 3.63) is 75.0 Å². The first-order valence-corrected chi connectivity index (χ1v) is 14.0. The standard InChI is InChI=1S/C31H36N2O5S/c1-21(2)16-23-17-26-29(18-28(23)36-5)38-19-27-25(10-13-33(30(26)27)24-11-15-39-20-24)31(35)32(4)12-8-6-7-9-14-37-22(3)34/h6-7,10-11,15-18,20H,8-9,12-14,19H2,1-5H3/b7-6+. The number of esters is 1. The van der Waals surface area contributed by atoms with E-state index in [2.05, 4.69) is 47.7 Å². The van der Waals surface area contributed by atoms with Crippen LogP contribution >= 0.6 is 11.3 Å². The van der Waals surface area contributed by atoms with Crippen molar-refractivity contribution in [2.24, 2.45) is 0 Å². The predicted molar refractivity (Wildman–Crippen MR) is 157 cm³/mol. The summed E-state index contributed by atoms with van der Waals surface area (Å²) in [6.07, 6.45) is 9.48. The van der Waals surface area contributed by atoms with E-state index in [9.17, 15) is 9.59 Å². The van der Waals surface area contributed by atoms with Crippen LogP contribution in [0.3, 0.4) is 0 Å². The Bertz CT molecular complexity index is 1330. The molecule has 7 nitrogen and oxygen atoms in total. The van der Waals surface area contributed by atoms with E-state index < -0.39 is 0 Å². The molecule has 0 aliphatic carbocycles. The van der Waals surface area contributed by atoms with Crippen LogP contribution in [0.2, 0.25) is 0 Å². The van der Waals surface area contributed by atoms with Gasteiger partial charge in [0.2, 0.25) is 0 Å². The third-order valence-electron chi connectivity index (χ3n) is 6.54. The van der Waals surface area contributed by atoms with Crippen LogP contribution < -0.4 is 14.4 Å². The molecule has 0 saturated carbocycles. The Morgan fingerprint density at radius 3 is 2.67 bits per heavy atom. The highest BCUT2D eigenvalue weighted by molar-refractivity contribution is 7.08. The smallest absolute Gasteiger partial charge is 0.302 e. The maximum absolute atomic E-state index is 13.7. The van der Waals surface area contributed by atoms with E-state index in [4.69, 9.17) is 14.2 Å². The number of likely N-dealkylation sites (N-methyl/N-ethyl adjacent to an activating group) is 1. The predicted octanol–water partition coefficient (Wildman–Crippen LogP) is 6.09. The first kappa shape index (κ1) is 28.2. The van der Waals surface area contributed by atoms with Crippen LogP contribution in [0.25, 0.3) is 11.8 Å². The summed E-state index contributed by atoms with van der Waals surface area (Å²) in [6, 6.07) is 6.15. The second-order valence-corrected chi connectivity index (χ2v) is 10.5. The average Bonchev–Trinajstić information content (AvgIpc) is 3.45. The van der Waals surface area contributed by atoms with Gasteiger partial charge in [-0.3, -0.25) is 9.59 Å². The van der Waals surface area contributed by atoms with E-state index >= 15 is 0 Å². The first-order valence-electron chi connectivity index (χ1n) is 13.1. The van der Waals surface area contributed by atoms with E-state index in [1.807, 2.05) is 31.3 Å². The molecular weight excluding hydrogens is 512 g/mol. The van der Waals surface area contributed by atoms with Crippen LogP contribution in [-0.4, -0.2) is 57.2 Å². The highest BCUT2D eigenvalue weighted by Gasteiger charge is 2.34. The minimum atomic E-state index is -0.276. The van der Waals surface area contributed by atoms with E-state index in [-0.39, 0.29) is 11.9 Å². The van der Waals surface area contributed by atoms with Crippen molar-refractivity contribution in [2.75, 3.05) is 45.4 Å². The van der Waals surface area contributed by atoms with Gasteiger partial charge in [-0.2, -0.15) is 11.3 Å². The van der Waals surface area contributed by atoms with E-state index in [0.29, 0.717) is 44.7 Å². The quantitative estimate of drug-likeness (QED) is 0.203. The molecular formula is C31H36N2O5S. The SMILES string of the molecule is COc1cc2c(cc1C=C(C)C)C1=C(CO2)C(C(=O)N(C)CC/C=C/CCOC(C)=O)=CCN1c1ccsc1. The Labute approximate surface area is 234 Å². The van der Waals surface area contributed by atoms with Gasteiger partial charge in [-0.1, -0.05) is 29.9 Å². The largest absolute Gasteiger partial charge is 0.496 e. The molecule has 0 N–H and O–H groups in total. The molecule has 2 aliphatic rings. The Balaban J connectivity index is 1.62.